The fourth-order valence-electron chi connectivity index (χ4n) is 3.29. The number of carboxylic acid groups (broad SMARTS) is 1. The van der Waals surface area contributed by atoms with Gasteiger partial charge in [0.25, 0.3) is 6.10 Å². The number of carbonyl (C=O) groups is 2. The molecule has 0 saturated carbocycles. The van der Waals surface area contributed by atoms with Crippen molar-refractivity contribution >= 4 is 11.9 Å². The molecule has 0 heterocycles. The van der Waals surface area contributed by atoms with Crippen LogP contribution < -0.4 is 0 Å². The lowest BCUT2D eigenvalue weighted by Gasteiger charge is -2.17. The molecule has 0 spiro atoms. The van der Waals surface area contributed by atoms with E-state index in [0.717, 1.165) is 22.3 Å². The predicted molar refractivity (Wildman–Crippen MR) is 98.5 cm³/mol. The SMILES string of the molecule is CCOCCOC(C(=O)O)C(=O)OCC1c2ccccc2-c2ccccc21. The maximum Gasteiger partial charge on any atom is 0.347 e. The number of rotatable bonds is 9. The second-order valence-corrected chi connectivity index (χ2v) is 6.14. The molecule has 1 atom stereocenters. The third-order valence-corrected chi connectivity index (χ3v) is 4.51. The standard InChI is InChI=1S/C21H22O6/c1-2-25-11-12-26-19(20(22)23)21(24)27-13-18-16-9-5-3-7-14(16)15-8-4-6-10-17(15)18/h3-10,18-19H,2,11-13H2,1H3,(H,22,23). The van der Waals surface area contributed by atoms with Crippen LogP contribution in [0.1, 0.15) is 24.0 Å². The number of ether oxygens (including phenoxy) is 3. The van der Waals surface area contributed by atoms with E-state index in [4.69, 9.17) is 14.2 Å². The van der Waals surface area contributed by atoms with Gasteiger partial charge in [0.05, 0.1) is 13.2 Å². The van der Waals surface area contributed by atoms with Gasteiger partial charge in [-0.15, -0.1) is 0 Å². The van der Waals surface area contributed by atoms with Crippen molar-refractivity contribution in [3.63, 3.8) is 0 Å². The van der Waals surface area contributed by atoms with Gasteiger partial charge in [-0.05, 0) is 29.2 Å². The van der Waals surface area contributed by atoms with Gasteiger partial charge >= 0.3 is 11.9 Å². The molecule has 0 bridgehead atoms. The number of carboxylic acids is 1. The van der Waals surface area contributed by atoms with Crippen molar-refractivity contribution in [2.24, 2.45) is 0 Å². The molecule has 0 amide bonds. The van der Waals surface area contributed by atoms with Crippen LogP contribution in [0.2, 0.25) is 0 Å². The summed E-state index contributed by atoms with van der Waals surface area (Å²) in [7, 11) is 0. The van der Waals surface area contributed by atoms with Crippen molar-refractivity contribution in [1.82, 2.24) is 0 Å². The first-order chi connectivity index (χ1) is 13.1. The molecule has 142 valence electrons. The number of fused-ring (bicyclic) bond motifs is 3. The molecule has 3 rings (SSSR count). The fraction of sp³-hybridized carbons (Fsp3) is 0.333. The number of hydrogen-bond acceptors (Lipinski definition) is 5. The molecule has 6 nitrogen and oxygen atoms in total. The van der Waals surface area contributed by atoms with E-state index in [9.17, 15) is 14.7 Å². The minimum absolute atomic E-state index is 0.00893. The van der Waals surface area contributed by atoms with E-state index in [-0.39, 0.29) is 25.7 Å². The normalized spacial score (nSPS) is 13.7. The summed E-state index contributed by atoms with van der Waals surface area (Å²) in [6, 6.07) is 15.9. The molecular formula is C21H22O6. The summed E-state index contributed by atoms with van der Waals surface area (Å²) >= 11 is 0. The molecular weight excluding hydrogens is 348 g/mol. The van der Waals surface area contributed by atoms with Crippen molar-refractivity contribution < 1.29 is 28.9 Å². The highest BCUT2D eigenvalue weighted by molar-refractivity contribution is 5.97. The zero-order valence-corrected chi connectivity index (χ0v) is 15.1. The first-order valence-electron chi connectivity index (χ1n) is 8.90. The minimum Gasteiger partial charge on any atom is -0.479 e. The molecule has 1 unspecified atom stereocenters. The van der Waals surface area contributed by atoms with Gasteiger partial charge in [-0.1, -0.05) is 48.5 Å². The first-order valence-corrected chi connectivity index (χ1v) is 8.90. The summed E-state index contributed by atoms with van der Waals surface area (Å²) in [6.45, 7) is 2.60. The Kier molecular flexibility index (Phi) is 6.21. The predicted octanol–water partition coefficient (Wildman–Crippen LogP) is 2.85. The van der Waals surface area contributed by atoms with Crippen LogP contribution in [0.4, 0.5) is 0 Å². The Morgan fingerprint density at radius 1 is 1.00 bits per heavy atom. The zero-order chi connectivity index (χ0) is 19.2. The van der Waals surface area contributed by atoms with Gasteiger partial charge < -0.3 is 19.3 Å². The maximum atomic E-state index is 12.3. The highest BCUT2D eigenvalue weighted by Gasteiger charge is 2.33. The summed E-state index contributed by atoms with van der Waals surface area (Å²) < 4.78 is 15.5. The van der Waals surface area contributed by atoms with Crippen molar-refractivity contribution in [1.29, 1.82) is 0 Å². The number of carbonyl (C=O) groups excluding carboxylic acids is 1. The van der Waals surface area contributed by atoms with Crippen LogP contribution >= 0.6 is 0 Å². The Morgan fingerprint density at radius 2 is 1.59 bits per heavy atom. The van der Waals surface area contributed by atoms with Gasteiger partial charge in [-0.25, -0.2) is 9.59 Å². The highest BCUT2D eigenvalue weighted by Crippen LogP contribution is 2.44. The highest BCUT2D eigenvalue weighted by atomic mass is 16.6. The van der Waals surface area contributed by atoms with E-state index in [2.05, 4.69) is 0 Å². The lowest BCUT2D eigenvalue weighted by atomic mass is 9.98. The summed E-state index contributed by atoms with van der Waals surface area (Å²) in [5, 5.41) is 9.24. The monoisotopic (exact) mass is 370 g/mol. The van der Waals surface area contributed by atoms with E-state index >= 15 is 0 Å². The molecule has 1 aliphatic rings. The zero-order valence-electron chi connectivity index (χ0n) is 15.1. The van der Waals surface area contributed by atoms with Crippen LogP contribution in [-0.2, 0) is 23.8 Å². The Bertz CT molecular complexity index is 770. The van der Waals surface area contributed by atoms with Crippen molar-refractivity contribution in [2.75, 3.05) is 26.4 Å². The number of esters is 1. The quantitative estimate of drug-likeness (QED) is 0.415. The summed E-state index contributed by atoms with van der Waals surface area (Å²) in [5.41, 5.74) is 4.35. The van der Waals surface area contributed by atoms with E-state index in [0.29, 0.717) is 6.61 Å². The molecule has 27 heavy (non-hydrogen) atoms. The van der Waals surface area contributed by atoms with Crippen LogP contribution in [0.5, 0.6) is 0 Å². The first kappa shape index (κ1) is 19.1. The van der Waals surface area contributed by atoms with Gasteiger partial charge in [0.1, 0.15) is 6.61 Å². The van der Waals surface area contributed by atoms with Gasteiger partial charge in [0, 0.05) is 12.5 Å². The molecule has 1 N–H and O–H groups in total. The smallest absolute Gasteiger partial charge is 0.347 e. The summed E-state index contributed by atoms with van der Waals surface area (Å²) in [5.74, 6) is -2.40. The Balaban J connectivity index is 1.68. The number of benzene rings is 2. The molecule has 2 aromatic carbocycles. The average Bonchev–Trinajstić information content (AvgIpc) is 3.00. The van der Waals surface area contributed by atoms with E-state index < -0.39 is 18.0 Å². The second-order valence-electron chi connectivity index (χ2n) is 6.14. The Hall–Kier alpha value is -2.70. The van der Waals surface area contributed by atoms with Crippen LogP contribution in [0.25, 0.3) is 11.1 Å². The van der Waals surface area contributed by atoms with Gasteiger partial charge in [0.15, 0.2) is 0 Å². The number of hydrogen-bond donors (Lipinski definition) is 1. The van der Waals surface area contributed by atoms with Crippen LogP contribution in [-0.4, -0.2) is 49.6 Å². The fourth-order valence-corrected chi connectivity index (χ4v) is 3.29. The lowest BCUT2D eigenvalue weighted by molar-refractivity contribution is -0.171. The molecule has 1 aliphatic carbocycles. The molecule has 0 radical (unpaired) electrons. The largest absolute Gasteiger partial charge is 0.479 e. The molecule has 0 aliphatic heterocycles. The Labute approximate surface area is 157 Å². The maximum absolute atomic E-state index is 12.3. The average molecular weight is 370 g/mol. The van der Waals surface area contributed by atoms with Crippen molar-refractivity contribution in [3.05, 3.63) is 59.7 Å². The third kappa shape index (κ3) is 4.18. The minimum atomic E-state index is -1.66. The van der Waals surface area contributed by atoms with Crippen LogP contribution in [0.15, 0.2) is 48.5 Å². The molecule has 0 aromatic heterocycles. The number of aliphatic carboxylic acids is 1. The van der Waals surface area contributed by atoms with Gasteiger partial charge in [0.2, 0.25) is 0 Å². The van der Waals surface area contributed by atoms with Crippen LogP contribution in [0, 0.1) is 0 Å². The third-order valence-electron chi connectivity index (χ3n) is 4.51. The van der Waals surface area contributed by atoms with Crippen molar-refractivity contribution in [2.45, 2.75) is 18.9 Å². The summed E-state index contributed by atoms with van der Waals surface area (Å²) in [4.78, 5) is 23.6. The second kappa shape index (κ2) is 8.79. The topological polar surface area (TPSA) is 82.1 Å². The van der Waals surface area contributed by atoms with Gasteiger partial charge in [-0.2, -0.15) is 0 Å². The van der Waals surface area contributed by atoms with E-state index in [1.54, 1.807) is 0 Å². The molecule has 6 heteroatoms. The van der Waals surface area contributed by atoms with E-state index in [1.165, 1.54) is 0 Å². The molecule has 0 saturated heterocycles. The van der Waals surface area contributed by atoms with Crippen molar-refractivity contribution in [3.8, 4) is 11.1 Å². The molecule has 2 aromatic rings. The van der Waals surface area contributed by atoms with E-state index in [1.807, 2.05) is 55.5 Å². The Morgan fingerprint density at radius 3 is 2.15 bits per heavy atom. The molecule has 0 fully saturated rings. The van der Waals surface area contributed by atoms with Gasteiger partial charge in [-0.3, -0.25) is 0 Å². The lowest BCUT2D eigenvalue weighted by Crippen LogP contribution is -2.36. The summed E-state index contributed by atoms with van der Waals surface area (Å²) in [6.07, 6.45) is -1.66. The van der Waals surface area contributed by atoms with Crippen LogP contribution in [0.3, 0.4) is 0 Å².